The zero-order valence-electron chi connectivity index (χ0n) is 9.48. The molecule has 2 aromatic rings. The number of benzene rings is 1. The number of nitrogens with zero attached hydrogens (tertiary/aromatic N) is 3. The van der Waals surface area contributed by atoms with Gasteiger partial charge in [-0.05, 0) is 31.0 Å². The first-order valence-corrected chi connectivity index (χ1v) is 5.70. The summed E-state index contributed by atoms with van der Waals surface area (Å²) in [5.74, 6) is -0.410. The number of rotatable bonds is 3. The molecule has 1 aromatic carbocycles. The SMILES string of the molecule is OCc1nnc(-c2cc(F)ccc2F)n1C1CC1. The van der Waals surface area contributed by atoms with Crippen LogP contribution in [0.3, 0.4) is 0 Å². The van der Waals surface area contributed by atoms with Crippen molar-refractivity contribution in [2.45, 2.75) is 25.5 Å². The number of halogens is 2. The molecule has 0 saturated heterocycles. The van der Waals surface area contributed by atoms with E-state index in [1.807, 2.05) is 0 Å². The van der Waals surface area contributed by atoms with Crippen LogP contribution in [0.2, 0.25) is 0 Å². The van der Waals surface area contributed by atoms with Crippen molar-refractivity contribution in [3.8, 4) is 11.4 Å². The first kappa shape index (κ1) is 11.3. The lowest BCUT2D eigenvalue weighted by Gasteiger charge is -2.08. The predicted octanol–water partition coefficient (Wildman–Crippen LogP) is 2.05. The second kappa shape index (κ2) is 4.13. The van der Waals surface area contributed by atoms with Gasteiger partial charge in [-0.15, -0.1) is 10.2 Å². The van der Waals surface area contributed by atoms with E-state index < -0.39 is 11.6 Å². The first-order valence-electron chi connectivity index (χ1n) is 5.70. The number of aliphatic hydroxyl groups is 1. The number of hydrogen-bond donors (Lipinski definition) is 1. The second-order valence-electron chi connectivity index (χ2n) is 4.32. The number of aliphatic hydroxyl groups excluding tert-OH is 1. The van der Waals surface area contributed by atoms with E-state index in [0.29, 0.717) is 5.82 Å². The van der Waals surface area contributed by atoms with Crippen molar-refractivity contribution in [3.05, 3.63) is 35.7 Å². The topological polar surface area (TPSA) is 50.9 Å². The summed E-state index contributed by atoms with van der Waals surface area (Å²) in [7, 11) is 0. The van der Waals surface area contributed by atoms with Gasteiger partial charge in [-0.1, -0.05) is 0 Å². The summed E-state index contributed by atoms with van der Waals surface area (Å²) in [6, 6.07) is 3.40. The maximum absolute atomic E-state index is 13.7. The molecule has 1 aromatic heterocycles. The van der Waals surface area contributed by atoms with E-state index in [-0.39, 0.29) is 24.0 Å². The van der Waals surface area contributed by atoms with Crippen LogP contribution in [-0.2, 0) is 6.61 Å². The van der Waals surface area contributed by atoms with Gasteiger partial charge in [0.25, 0.3) is 0 Å². The van der Waals surface area contributed by atoms with Crippen LogP contribution in [0, 0.1) is 11.6 Å². The Kier molecular flexibility index (Phi) is 2.59. The molecule has 0 atom stereocenters. The molecule has 4 nitrogen and oxygen atoms in total. The summed E-state index contributed by atoms with van der Waals surface area (Å²) in [4.78, 5) is 0. The van der Waals surface area contributed by atoms with Gasteiger partial charge < -0.3 is 9.67 Å². The third-order valence-electron chi connectivity index (χ3n) is 2.99. The van der Waals surface area contributed by atoms with Gasteiger partial charge in [0.1, 0.15) is 18.2 Å². The summed E-state index contributed by atoms with van der Waals surface area (Å²) in [6.45, 7) is -0.263. The van der Waals surface area contributed by atoms with Crippen LogP contribution in [0.5, 0.6) is 0 Å². The van der Waals surface area contributed by atoms with Gasteiger partial charge in [0, 0.05) is 6.04 Å². The summed E-state index contributed by atoms with van der Waals surface area (Å²) in [6.07, 6.45) is 1.88. The monoisotopic (exact) mass is 251 g/mol. The predicted molar refractivity (Wildman–Crippen MR) is 59.6 cm³/mol. The molecule has 1 aliphatic carbocycles. The summed E-state index contributed by atoms with van der Waals surface area (Å²) in [5.41, 5.74) is 0.0779. The second-order valence-corrected chi connectivity index (χ2v) is 4.32. The Morgan fingerprint density at radius 1 is 1.28 bits per heavy atom. The van der Waals surface area contributed by atoms with Gasteiger partial charge in [-0.25, -0.2) is 8.78 Å². The van der Waals surface area contributed by atoms with Gasteiger partial charge in [-0.2, -0.15) is 0 Å². The van der Waals surface area contributed by atoms with Crippen molar-refractivity contribution < 1.29 is 13.9 Å². The van der Waals surface area contributed by atoms with Crippen LogP contribution >= 0.6 is 0 Å². The van der Waals surface area contributed by atoms with Gasteiger partial charge in [0.15, 0.2) is 11.6 Å². The fourth-order valence-electron chi connectivity index (χ4n) is 2.00. The molecule has 0 bridgehead atoms. The average Bonchev–Trinajstić information content (AvgIpc) is 3.12. The molecule has 6 heteroatoms. The number of aromatic nitrogens is 3. The van der Waals surface area contributed by atoms with Crippen LogP contribution in [0.25, 0.3) is 11.4 Å². The minimum absolute atomic E-state index is 0.0779. The van der Waals surface area contributed by atoms with Crippen LogP contribution in [0.1, 0.15) is 24.7 Å². The molecule has 0 radical (unpaired) electrons. The molecule has 18 heavy (non-hydrogen) atoms. The Morgan fingerprint density at radius 3 is 2.72 bits per heavy atom. The Morgan fingerprint density at radius 2 is 2.06 bits per heavy atom. The molecule has 3 rings (SSSR count). The molecular weight excluding hydrogens is 240 g/mol. The van der Waals surface area contributed by atoms with E-state index in [1.54, 1.807) is 4.57 Å². The normalized spacial score (nSPS) is 15.1. The molecule has 0 spiro atoms. The fraction of sp³-hybridized carbons (Fsp3) is 0.333. The van der Waals surface area contributed by atoms with Crippen molar-refractivity contribution in [2.24, 2.45) is 0 Å². The lowest BCUT2D eigenvalue weighted by atomic mass is 10.2. The first-order chi connectivity index (χ1) is 8.70. The van der Waals surface area contributed by atoms with Crippen molar-refractivity contribution in [1.82, 2.24) is 14.8 Å². The maximum Gasteiger partial charge on any atom is 0.167 e. The molecular formula is C12H11F2N3O. The van der Waals surface area contributed by atoms with Crippen LogP contribution in [0.15, 0.2) is 18.2 Å². The molecule has 1 fully saturated rings. The molecule has 1 N–H and O–H groups in total. The molecule has 1 aliphatic rings. The highest BCUT2D eigenvalue weighted by molar-refractivity contribution is 5.56. The van der Waals surface area contributed by atoms with E-state index in [1.165, 1.54) is 0 Å². The lowest BCUT2D eigenvalue weighted by Crippen LogP contribution is -2.04. The van der Waals surface area contributed by atoms with E-state index in [2.05, 4.69) is 10.2 Å². The zero-order valence-corrected chi connectivity index (χ0v) is 9.48. The Hall–Kier alpha value is -1.82. The van der Waals surface area contributed by atoms with E-state index in [9.17, 15) is 13.9 Å². The van der Waals surface area contributed by atoms with Crippen LogP contribution in [-0.4, -0.2) is 19.9 Å². The summed E-state index contributed by atoms with van der Waals surface area (Å²) >= 11 is 0. The highest BCUT2D eigenvalue weighted by Gasteiger charge is 2.30. The van der Waals surface area contributed by atoms with Gasteiger partial charge in [0.05, 0.1) is 5.56 Å². The average molecular weight is 251 g/mol. The lowest BCUT2D eigenvalue weighted by molar-refractivity contribution is 0.265. The Bertz CT molecular complexity index is 593. The zero-order chi connectivity index (χ0) is 12.7. The molecule has 1 heterocycles. The van der Waals surface area contributed by atoms with Gasteiger partial charge in [-0.3, -0.25) is 0 Å². The fourth-order valence-corrected chi connectivity index (χ4v) is 2.00. The van der Waals surface area contributed by atoms with Gasteiger partial charge in [0.2, 0.25) is 0 Å². The highest BCUT2D eigenvalue weighted by Crippen LogP contribution is 2.39. The molecule has 0 aliphatic heterocycles. The minimum atomic E-state index is -0.546. The molecule has 1 saturated carbocycles. The van der Waals surface area contributed by atoms with Crippen molar-refractivity contribution >= 4 is 0 Å². The van der Waals surface area contributed by atoms with E-state index in [0.717, 1.165) is 31.0 Å². The molecule has 0 amide bonds. The standard InChI is InChI=1S/C12H11F2N3O/c13-7-1-4-10(14)9(5-7)12-16-15-11(6-18)17(12)8-2-3-8/h1,4-5,8,18H,2-3,6H2. The Balaban J connectivity index is 2.16. The minimum Gasteiger partial charge on any atom is -0.388 e. The Labute approximate surface area is 102 Å². The quantitative estimate of drug-likeness (QED) is 0.908. The molecule has 94 valence electrons. The van der Waals surface area contributed by atoms with E-state index in [4.69, 9.17) is 0 Å². The largest absolute Gasteiger partial charge is 0.388 e. The maximum atomic E-state index is 13.7. The van der Waals surface area contributed by atoms with Crippen molar-refractivity contribution in [1.29, 1.82) is 0 Å². The van der Waals surface area contributed by atoms with Crippen LogP contribution < -0.4 is 0 Å². The van der Waals surface area contributed by atoms with E-state index >= 15 is 0 Å². The van der Waals surface area contributed by atoms with Crippen molar-refractivity contribution in [3.63, 3.8) is 0 Å². The summed E-state index contributed by atoms with van der Waals surface area (Å²) < 4.78 is 28.6. The highest BCUT2D eigenvalue weighted by atomic mass is 19.1. The third kappa shape index (κ3) is 1.78. The number of hydrogen-bond acceptors (Lipinski definition) is 3. The van der Waals surface area contributed by atoms with Crippen LogP contribution in [0.4, 0.5) is 8.78 Å². The third-order valence-corrected chi connectivity index (χ3v) is 2.99. The van der Waals surface area contributed by atoms with Gasteiger partial charge >= 0.3 is 0 Å². The smallest absolute Gasteiger partial charge is 0.167 e. The summed E-state index contributed by atoms with van der Waals surface area (Å²) in [5, 5.41) is 16.9. The molecule has 0 unspecified atom stereocenters. The van der Waals surface area contributed by atoms with Crippen molar-refractivity contribution in [2.75, 3.05) is 0 Å².